The minimum atomic E-state index is -4.63. The van der Waals surface area contributed by atoms with Crippen LogP contribution < -0.4 is 9.64 Å². The lowest BCUT2D eigenvalue weighted by atomic mass is 9.98. The van der Waals surface area contributed by atoms with Gasteiger partial charge in [-0.1, -0.05) is 24.3 Å². The van der Waals surface area contributed by atoms with Crippen LogP contribution in [-0.2, 0) is 9.84 Å². The van der Waals surface area contributed by atoms with Gasteiger partial charge in [0.2, 0.25) is 9.84 Å². The molecule has 0 amide bonds. The fourth-order valence-electron chi connectivity index (χ4n) is 3.18. The summed E-state index contributed by atoms with van der Waals surface area (Å²) in [6.45, 7) is 1.20. The maximum absolute atomic E-state index is 13.0. The largest absolute Gasteiger partial charge is 0.497 e. The highest BCUT2D eigenvalue weighted by atomic mass is 32.2. The topological polar surface area (TPSA) is 46.6 Å². The van der Waals surface area contributed by atoms with Crippen LogP contribution in [0.4, 0.5) is 14.5 Å². The van der Waals surface area contributed by atoms with E-state index in [1.807, 2.05) is 29.2 Å². The normalized spacial score (nSPS) is 17.9. The summed E-state index contributed by atoms with van der Waals surface area (Å²) in [7, 11) is -3.02. The number of anilines is 1. The number of rotatable bonds is 5. The van der Waals surface area contributed by atoms with Gasteiger partial charge in [-0.05, 0) is 36.2 Å². The quantitative estimate of drug-likeness (QED) is 0.809. The van der Waals surface area contributed by atoms with E-state index in [9.17, 15) is 17.2 Å². The van der Waals surface area contributed by atoms with Crippen molar-refractivity contribution >= 4 is 15.5 Å². The number of hydrogen-bond donors (Lipinski definition) is 0. The average Bonchev–Trinajstić information content (AvgIpc) is 3.11. The van der Waals surface area contributed by atoms with Crippen LogP contribution in [0.5, 0.6) is 5.75 Å². The summed E-state index contributed by atoms with van der Waals surface area (Å²) in [6, 6.07) is 13.7. The standard InChI is InChI=1S/C18H19F2NO3S/c1-24-15-8-6-13(7-9-15)14-10-11-21(12-14)16-4-2-3-5-17(16)25(22,23)18(19)20/h2-9,14,18H,10-12H2,1H3. The van der Waals surface area contributed by atoms with Crippen molar-refractivity contribution in [3.8, 4) is 5.75 Å². The molecule has 1 heterocycles. The zero-order chi connectivity index (χ0) is 18.0. The Bertz CT molecular complexity index is 838. The van der Waals surface area contributed by atoms with E-state index in [0.29, 0.717) is 18.8 Å². The Hall–Kier alpha value is -2.15. The molecule has 3 rings (SSSR count). The number of nitrogens with zero attached hydrogens (tertiary/aromatic N) is 1. The van der Waals surface area contributed by atoms with Crippen molar-refractivity contribution in [1.29, 1.82) is 0 Å². The van der Waals surface area contributed by atoms with Gasteiger partial charge < -0.3 is 9.64 Å². The Morgan fingerprint density at radius 3 is 2.44 bits per heavy atom. The van der Waals surface area contributed by atoms with Crippen molar-refractivity contribution in [3.63, 3.8) is 0 Å². The SMILES string of the molecule is COc1ccc(C2CCN(c3ccccc3S(=O)(=O)C(F)F)C2)cc1. The average molecular weight is 367 g/mol. The van der Waals surface area contributed by atoms with Crippen molar-refractivity contribution in [2.75, 3.05) is 25.1 Å². The van der Waals surface area contributed by atoms with E-state index >= 15 is 0 Å². The van der Waals surface area contributed by atoms with Crippen molar-refractivity contribution in [1.82, 2.24) is 0 Å². The fourth-order valence-corrected chi connectivity index (χ4v) is 4.13. The van der Waals surface area contributed by atoms with Crippen LogP contribution in [0.15, 0.2) is 53.4 Å². The first-order valence-electron chi connectivity index (χ1n) is 7.93. The molecule has 1 unspecified atom stereocenters. The number of methoxy groups -OCH3 is 1. The molecule has 0 aliphatic carbocycles. The molecular formula is C18H19F2NO3S. The molecule has 0 N–H and O–H groups in total. The zero-order valence-corrected chi connectivity index (χ0v) is 14.5. The molecule has 0 radical (unpaired) electrons. The van der Waals surface area contributed by atoms with E-state index in [2.05, 4.69) is 0 Å². The summed E-state index contributed by atoms with van der Waals surface area (Å²) in [5.74, 6) is -2.44. The number of benzene rings is 2. The van der Waals surface area contributed by atoms with E-state index in [1.54, 1.807) is 19.2 Å². The summed E-state index contributed by atoms with van der Waals surface area (Å²) in [4.78, 5) is 1.56. The maximum Gasteiger partial charge on any atom is 0.341 e. The molecule has 2 aromatic rings. The third-order valence-electron chi connectivity index (χ3n) is 4.52. The predicted molar refractivity (Wildman–Crippen MR) is 92.2 cm³/mol. The lowest BCUT2D eigenvalue weighted by molar-refractivity contribution is 0.235. The Balaban J connectivity index is 1.85. The number of sulfone groups is 1. The van der Waals surface area contributed by atoms with E-state index < -0.39 is 15.6 Å². The molecule has 1 fully saturated rings. The molecule has 1 atom stereocenters. The number of hydrogen-bond acceptors (Lipinski definition) is 4. The lowest BCUT2D eigenvalue weighted by Crippen LogP contribution is -2.23. The van der Waals surface area contributed by atoms with Gasteiger partial charge in [0.25, 0.3) is 0 Å². The minimum absolute atomic E-state index is 0.216. The van der Waals surface area contributed by atoms with E-state index in [1.165, 1.54) is 12.1 Å². The Morgan fingerprint density at radius 2 is 1.80 bits per heavy atom. The van der Waals surface area contributed by atoms with Crippen LogP contribution in [0, 0.1) is 0 Å². The van der Waals surface area contributed by atoms with Gasteiger partial charge in [0, 0.05) is 19.0 Å². The summed E-state index contributed by atoms with van der Waals surface area (Å²) in [5.41, 5.74) is 1.47. The van der Waals surface area contributed by atoms with Crippen LogP contribution in [0.3, 0.4) is 0 Å². The van der Waals surface area contributed by atoms with Crippen molar-refractivity contribution < 1.29 is 21.9 Å². The van der Waals surface area contributed by atoms with Crippen LogP contribution >= 0.6 is 0 Å². The fraction of sp³-hybridized carbons (Fsp3) is 0.333. The van der Waals surface area contributed by atoms with Crippen LogP contribution in [-0.4, -0.2) is 34.4 Å². The first-order chi connectivity index (χ1) is 11.9. The minimum Gasteiger partial charge on any atom is -0.497 e. The van der Waals surface area contributed by atoms with Gasteiger partial charge >= 0.3 is 5.76 Å². The van der Waals surface area contributed by atoms with Crippen LogP contribution in [0.1, 0.15) is 17.9 Å². The van der Waals surface area contributed by atoms with Gasteiger partial charge in [0.15, 0.2) is 0 Å². The second-order valence-corrected chi connectivity index (χ2v) is 7.86. The van der Waals surface area contributed by atoms with Gasteiger partial charge in [0.05, 0.1) is 17.7 Å². The van der Waals surface area contributed by atoms with E-state index in [4.69, 9.17) is 4.74 Å². The monoisotopic (exact) mass is 367 g/mol. The molecule has 0 saturated carbocycles. The summed E-state index contributed by atoms with van der Waals surface area (Å²) in [5, 5.41) is 0. The predicted octanol–water partition coefficient (Wildman–Crippen LogP) is 3.69. The molecule has 7 heteroatoms. The molecular weight excluding hydrogens is 348 g/mol. The van der Waals surface area contributed by atoms with Crippen molar-refractivity contribution in [3.05, 3.63) is 54.1 Å². The van der Waals surface area contributed by atoms with Crippen LogP contribution in [0.25, 0.3) is 0 Å². The second-order valence-electron chi connectivity index (χ2n) is 5.98. The highest BCUT2D eigenvalue weighted by Crippen LogP contribution is 2.35. The first kappa shape index (κ1) is 17.7. The Kier molecular flexibility index (Phi) is 4.94. The first-order valence-corrected chi connectivity index (χ1v) is 9.48. The smallest absolute Gasteiger partial charge is 0.341 e. The van der Waals surface area contributed by atoms with E-state index in [0.717, 1.165) is 17.7 Å². The van der Waals surface area contributed by atoms with Crippen LogP contribution in [0.2, 0.25) is 0 Å². The third-order valence-corrected chi connectivity index (χ3v) is 5.95. The molecule has 25 heavy (non-hydrogen) atoms. The molecule has 1 saturated heterocycles. The van der Waals surface area contributed by atoms with Gasteiger partial charge in [-0.25, -0.2) is 8.42 Å². The summed E-state index contributed by atoms with van der Waals surface area (Å²) < 4.78 is 55.0. The molecule has 0 spiro atoms. The van der Waals surface area contributed by atoms with E-state index in [-0.39, 0.29) is 10.8 Å². The van der Waals surface area contributed by atoms with Crippen molar-refractivity contribution in [2.24, 2.45) is 0 Å². The molecule has 0 aromatic heterocycles. The third kappa shape index (κ3) is 3.46. The lowest BCUT2D eigenvalue weighted by Gasteiger charge is -2.22. The molecule has 1 aliphatic rings. The number of halogens is 2. The van der Waals surface area contributed by atoms with Gasteiger partial charge in [-0.3, -0.25) is 0 Å². The Morgan fingerprint density at radius 1 is 1.12 bits per heavy atom. The molecule has 4 nitrogen and oxygen atoms in total. The van der Waals surface area contributed by atoms with Gasteiger partial charge in [-0.15, -0.1) is 0 Å². The maximum atomic E-state index is 13.0. The second kappa shape index (κ2) is 7.00. The highest BCUT2D eigenvalue weighted by Gasteiger charge is 2.33. The molecule has 1 aliphatic heterocycles. The summed E-state index contributed by atoms with van der Waals surface area (Å²) >= 11 is 0. The molecule has 2 aromatic carbocycles. The van der Waals surface area contributed by atoms with Crippen molar-refractivity contribution in [2.45, 2.75) is 23.0 Å². The van der Waals surface area contributed by atoms with Gasteiger partial charge in [-0.2, -0.15) is 8.78 Å². The Labute approximate surface area is 146 Å². The molecule has 0 bridgehead atoms. The molecule has 134 valence electrons. The highest BCUT2D eigenvalue weighted by molar-refractivity contribution is 7.91. The van der Waals surface area contributed by atoms with Gasteiger partial charge in [0.1, 0.15) is 5.75 Å². The zero-order valence-electron chi connectivity index (χ0n) is 13.7. The summed E-state index contributed by atoms with van der Waals surface area (Å²) in [6.07, 6.45) is 0.829. The number of ether oxygens (including phenoxy) is 1. The number of alkyl halides is 2. The number of para-hydroxylation sites is 1.